The SMILES string of the molecule is C/C=C(\C(=O)O)C(O)CC. The lowest BCUT2D eigenvalue weighted by Gasteiger charge is -2.06. The van der Waals surface area contributed by atoms with Gasteiger partial charge in [-0.3, -0.25) is 0 Å². The second kappa shape index (κ2) is 4.06. The zero-order valence-corrected chi connectivity index (χ0v) is 6.16. The molecule has 0 heterocycles. The molecule has 0 aliphatic carbocycles. The molecule has 0 bridgehead atoms. The molecule has 0 rings (SSSR count). The van der Waals surface area contributed by atoms with Crippen molar-refractivity contribution >= 4 is 5.97 Å². The molecule has 0 aliphatic rings. The highest BCUT2D eigenvalue weighted by Crippen LogP contribution is 2.05. The number of allylic oxidation sites excluding steroid dienone is 1. The van der Waals surface area contributed by atoms with Gasteiger partial charge in [0.25, 0.3) is 0 Å². The van der Waals surface area contributed by atoms with Gasteiger partial charge in [-0.1, -0.05) is 13.0 Å². The van der Waals surface area contributed by atoms with Gasteiger partial charge in [0.15, 0.2) is 0 Å². The number of carboxylic acids is 1. The Hall–Kier alpha value is -0.830. The van der Waals surface area contributed by atoms with Crippen molar-refractivity contribution in [2.75, 3.05) is 0 Å². The fraction of sp³-hybridized carbons (Fsp3) is 0.571. The van der Waals surface area contributed by atoms with Gasteiger partial charge in [-0.15, -0.1) is 0 Å². The van der Waals surface area contributed by atoms with Crippen LogP contribution in [0.5, 0.6) is 0 Å². The van der Waals surface area contributed by atoms with Crippen molar-refractivity contribution in [3.05, 3.63) is 11.6 Å². The van der Waals surface area contributed by atoms with Gasteiger partial charge in [-0.2, -0.15) is 0 Å². The maximum absolute atomic E-state index is 10.3. The standard InChI is InChI=1S/C7H12O3/c1-3-5(7(9)10)6(8)4-2/h3,6,8H,4H2,1-2H3,(H,9,10)/b5-3-. The van der Waals surface area contributed by atoms with Crippen LogP contribution in [0, 0.1) is 0 Å². The van der Waals surface area contributed by atoms with E-state index >= 15 is 0 Å². The lowest BCUT2D eigenvalue weighted by Crippen LogP contribution is -2.16. The van der Waals surface area contributed by atoms with Crippen LogP contribution in [-0.2, 0) is 4.79 Å². The van der Waals surface area contributed by atoms with E-state index in [4.69, 9.17) is 10.2 Å². The van der Waals surface area contributed by atoms with Gasteiger partial charge in [0, 0.05) is 0 Å². The van der Waals surface area contributed by atoms with E-state index in [9.17, 15) is 4.79 Å². The Morgan fingerprint density at radius 3 is 2.30 bits per heavy atom. The molecule has 0 fully saturated rings. The topological polar surface area (TPSA) is 57.5 Å². The third-order valence-corrected chi connectivity index (χ3v) is 1.30. The molecule has 0 saturated carbocycles. The largest absolute Gasteiger partial charge is 0.478 e. The van der Waals surface area contributed by atoms with Gasteiger partial charge >= 0.3 is 5.97 Å². The van der Waals surface area contributed by atoms with E-state index in [0.717, 1.165) is 0 Å². The van der Waals surface area contributed by atoms with Crippen molar-refractivity contribution in [1.82, 2.24) is 0 Å². The molecule has 0 radical (unpaired) electrons. The maximum Gasteiger partial charge on any atom is 0.333 e. The lowest BCUT2D eigenvalue weighted by molar-refractivity contribution is -0.133. The number of rotatable bonds is 3. The van der Waals surface area contributed by atoms with E-state index < -0.39 is 12.1 Å². The third-order valence-electron chi connectivity index (χ3n) is 1.30. The van der Waals surface area contributed by atoms with Crippen molar-refractivity contribution in [2.45, 2.75) is 26.4 Å². The monoisotopic (exact) mass is 144 g/mol. The van der Waals surface area contributed by atoms with Gasteiger partial charge in [-0.05, 0) is 13.3 Å². The maximum atomic E-state index is 10.3. The minimum absolute atomic E-state index is 0.0718. The number of aliphatic hydroxyl groups is 1. The predicted octanol–water partition coefficient (Wildman–Crippen LogP) is 0.788. The molecule has 2 N–H and O–H groups in total. The molecule has 0 amide bonds. The van der Waals surface area contributed by atoms with E-state index in [0.29, 0.717) is 6.42 Å². The molecule has 0 aromatic carbocycles. The predicted molar refractivity (Wildman–Crippen MR) is 37.7 cm³/mol. The van der Waals surface area contributed by atoms with Gasteiger partial charge < -0.3 is 10.2 Å². The summed E-state index contributed by atoms with van der Waals surface area (Å²) in [5, 5.41) is 17.5. The van der Waals surface area contributed by atoms with Crippen LogP contribution in [0.3, 0.4) is 0 Å². The zero-order chi connectivity index (χ0) is 8.15. The van der Waals surface area contributed by atoms with Gasteiger partial charge in [-0.25, -0.2) is 4.79 Å². The summed E-state index contributed by atoms with van der Waals surface area (Å²) in [5.74, 6) is -1.04. The molecule has 58 valence electrons. The minimum atomic E-state index is -1.04. The lowest BCUT2D eigenvalue weighted by atomic mass is 10.1. The quantitative estimate of drug-likeness (QED) is 0.576. The van der Waals surface area contributed by atoms with Crippen molar-refractivity contribution in [2.24, 2.45) is 0 Å². The number of aliphatic hydroxyl groups excluding tert-OH is 1. The van der Waals surface area contributed by atoms with E-state index in [-0.39, 0.29) is 5.57 Å². The van der Waals surface area contributed by atoms with Crippen LogP contribution >= 0.6 is 0 Å². The highest BCUT2D eigenvalue weighted by molar-refractivity contribution is 5.87. The Morgan fingerprint density at radius 1 is 1.70 bits per heavy atom. The normalized spacial score (nSPS) is 14.9. The van der Waals surface area contributed by atoms with E-state index in [1.165, 1.54) is 6.08 Å². The number of hydrogen-bond donors (Lipinski definition) is 2. The smallest absolute Gasteiger partial charge is 0.333 e. The third kappa shape index (κ3) is 2.19. The van der Waals surface area contributed by atoms with Crippen LogP contribution in [0.15, 0.2) is 11.6 Å². The first kappa shape index (κ1) is 9.17. The van der Waals surface area contributed by atoms with Gasteiger partial charge in [0.05, 0.1) is 11.7 Å². The first-order valence-electron chi connectivity index (χ1n) is 3.21. The second-order valence-electron chi connectivity index (χ2n) is 1.97. The molecule has 1 unspecified atom stereocenters. The van der Waals surface area contributed by atoms with E-state index in [2.05, 4.69) is 0 Å². The Balaban J connectivity index is 4.23. The summed E-state index contributed by atoms with van der Waals surface area (Å²) in [7, 11) is 0. The summed E-state index contributed by atoms with van der Waals surface area (Å²) < 4.78 is 0. The van der Waals surface area contributed by atoms with Crippen LogP contribution < -0.4 is 0 Å². The molecule has 0 spiro atoms. The average molecular weight is 144 g/mol. The fourth-order valence-electron chi connectivity index (χ4n) is 0.678. The molecule has 0 aromatic heterocycles. The van der Waals surface area contributed by atoms with Crippen LogP contribution in [-0.4, -0.2) is 22.3 Å². The van der Waals surface area contributed by atoms with Crippen LogP contribution in [0.1, 0.15) is 20.3 Å². The van der Waals surface area contributed by atoms with Crippen molar-refractivity contribution < 1.29 is 15.0 Å². The Labute approximate surface area is 60.0 Å². The summed E-state index contributed by atoms with van der Waals surface area (Å²) in [5.41, 5.74) is 0.0718. The summed E-state index contributed by atoms with van der Waals surface area (Å²) in [4.78, 5) is 10.3. The molecule has 10 heavy (non-hydrogen) atoms. The molecule has 3 heteroatoms. The molecular formula is C7H12O3. The Morgan fingerprint density at radius 2 is 2.20 bits per heavy atom. The van der Waals surface area contributed by atoms with Gasteiger partial charge in [0.1, 0.15) is 0 Å². The number of carboxylic acid groups (broad SMARTS) is 1. The van der Waals surface area contributed by atoms with E-state index in [1.807, 2.05) is 0 Å². The molecule has 1 atom stereocenters. The minimum Gasteiger partial charge on any atom is -0.478 e. The summed E-state index contributed by atoms with van der Waals surface area (Å²) in [6, 6.07) is 0. The zero-order valence-electron chi connectivity index (χ0n) is 6.16. The summed E-state index contributed by atoms with van der Waals surface area (Å²) in [6.07, 6.45) is 1.02. The fourth-order valence-corrected chi connectivity index (χ4v) is 0.678. The summed E-state index contributed by atoms with van der Waals surface area (Å²) >= 11 is 0. The Kier molecular flexibility index (Phi) is 3.72. The molecule has 3 nitrogen and oxygen atoms in total. The van der Waals surface area contributed by atoms with Gasteiger partial charge in [0.2, 0.25) is 0 Å². The number of aliphatic carboxylic acids is 1. The van der Waals surface area contributed by atoms with Crippen molar-refractivity contribution in [3.63, 3.8) is 0 Å². The second-order valence-corrected chi connectivity index (χ2v) is 1.97. The highest BCUT2D eigenvalue weighted by Gasteiger charge is 2.13. The first-order valence-corrected chi connectivity index (χ1v) is 3.21. The average Bonchev–Trinajstić information content (AvgIpc) is 1.88. The Bertz CT molecular complexity index is 149. The number of carbonyl (C=O) groups is 1. The van der Waals surface area contributed by atoms with Crippen LogP contribution in [0.4, 0.5) is 0 Å². The van der Waals surface area contributed by atoms with E-state index in [1.54, 1.807) is 13.8 Å². The van der Waals surface area contributed by atoms with Crippen LogP contribution in [0.25, 0.3) is 0 Å². The van der Waals surface area contributed by atoms with Crippen LogP contribution in [0.2, 0.25) is 0 Å². The van der Waals surface area contributed by atoms with Crippen molar-refractivity contribution in [3.8, 4) is 0 Å². The molecular weight excluding hydrogens is 132 g/mol. The number of hydrogen-bond acceptors (Lipinski definition) is 2. The first-order chi connectivity index (χ1) is 4.63. The molecule has 0 aromatic rings. The molecule has 0 saturated heterocycles. The highest BCUT2D eigenvalue weighted by atomic mass is 16.4. The van der Waals surface area contributed by atoms with Crippen molar-refractivity contribution in [1.29, 1.82) is 0 Å². The summed E-state index contributed by atoms with van der Waals surface area (Å²) in [6.45, 7) is 3.33. The molecule has 0 aliphatic heterocycles.